The largest absolute Gasteiger partial charge is 0.457 e. The summed E-state index contributed by atoms with van der Waals surface area (Å²) < 4.78 is 7.17. The van der Waals surface area contributed by atoms with Crippen molar-refractivity contribution in [2.24, 2.45) is 0 Å². The van der Waals surface area contributed by atoms with Gasteiger partial charge in [-0.3, -0.25) is 9.97 Å². The van der Waals surface area contributed by atoms with Gasteiger partial charge >= 0.3 is 0 Å². The molecule has 10 aromatic rings. The average molecular weight is 795 g/mol. The van der Waals surface area contributed by atoms with Crippen LogP contribution >= 0.6 is 0 Å². The molecule has 0 saturated carbocycles. The fourth-order valence-electron chi connectivity index (χ4n) is 9.21. The third-order valence-electron chi connectivity index (χ3n) is 12.0. The first-order chi connectivity index (χ1) is 30.7. The van der Waals surface area contributed by atoms with Crippen molar-refractivity contribution in [1.82, 2.24) is 29.9 Å². The molecule has 12 rings (SSSR count). The van der Waals surface area contributed by atoms with Crippen LogP contribution in [0.15, 0.2) is 207 Å². The number of aromatic nitrogens is 6. The summed E-state index contributed by atoms with van der Waals surface area (Å²) in [4.78, 5) is 28.8. The molecule has 0 N–H and O–H groups in total. The third-order valence-corrected chi connectivity index (χ3v) is 12.0. The summed E-state index contributed by atoms with van der Waals surface area (Å²) in [6.45, 7) is 0. The van der Waals surface area contributed by atoms with E-state index < -0.39 is 5.41 Å². The highest BCUT2D eigenvalue weighted by Crippen LogP contribution is 2.62. The number of fused-ring (bicyclic) bond motifs is 9. The monoisotopic (exact) mass is 794 g/mol. The summed E-state index contributed by atoms with van der Waals surface area (Å²) in [5.41, 5.74) is 14.7. The van der Waals surface area contributed by atoms with Gasteiger partial charge in [-0.1, -0.05) is 133 Å². The molecule has 0 saturated heterocycles. The quantitative estimate of drug-likeness (QED) is 0.166. The van der Waals surface area contributed by atoms with Crippen LogP contribution in [0.5, 0.6) is 11.5 Å². The Bertz CT molecular complexity index is 2980. The van der Waals surface area contributed by atoms with Gasteiger partial charge in [0.2, 0.25) is 0 Å². The minimum absolute atomic E-state index is 0.564. The number of pyridine rings is 3. The zero-order chi connectivity index (χ0) is 41.0. The van der Waals surface area contributed by atoms with E-state index in [4.69, 9.17) is 24.7 Å². The molecule has 0 fully saturated rings. The lowest BCUT2D eigenvalue weighted by atomic mass is 9.66. The molecule has 2 aliphatic rings. The van der Waals surface area contributed by atoms with Crippen molar-refractivity contribution < 1.29 is 4.74 Å². The van der Waals surface area contributed by atoms with E-state index in [1.165, 1.54) is 22.3 Å². The molecule has 4 aromatic heterocycles. The maximum atomic E-state index is 7.17. The molecule has 1 spiro atoms. The minimum atomic E-state index is -0.653. The summed E-state index contributed by atoms with van der Waals surface area (Å²) in [7, 11) is 0. The lowest BCUT2D eigenvalue weighted by Gasteiger charge is -2.39. The Kier molecular flexibility index (Phi) is 8.25. The fourth-order valence-corrected chi connectivity index (χ4v) is 9.21. The van der Waals surface area contributed by atoms with Gasteiger partial charge in [0.1, 0.15) is 11.5 Å². The first-order valence-electron chi connectivity index (χ1n) is 20.6. The van der Waals surface area contributed by atoms with Crippen LogP contribution in [-0.4, -0.2) is 29.9 Å². The van der Waals surface area contributed by atoms with E-state index in [1.807, 2.05) is 84.9 Å². The van der Waals surface area contributed by atoms with Crippen molar-refractivity contribution in [2.45, 2.75) is 5.41 Å². The molecule has 7 heteroatoms. The first kappa shape index (κ1) is 35.5. The highest BCUT2D eigenvalue weighted by Gasteiger charge is 2.51. The maximum Gasteiger partial charge on any atom is 0.164 e. The zero-order valence-electron chi connectivity index (χ0n) is 33.2. The number of benzene rings is 6. The Balaban J connectivity index is 1.07. The van der Waals surface area contributed by atoms with E-state index >= 15 is 0 Å². The predicted molar refractivity (Wildman–Crippen MR) is 243 cm³/mol. The first-order valence-corrected chi connectivity index (χ1v) is 20.6. The molecule has 0 atom stereocenters. The molecular weight excluding hydrogens is 761 g/mol. The smallest absolute Gasteiger partial charge is 0.164 e. The highest BCUT2D eigenvalue weighted by molar-refractivity contribution is 5.90. The molecule has 7 nitrogen and oxygen atoms in total. The van der Waals surface area contributed by atoms with E-state index in [1.54, 1.807) is 24.8 Å². The van der Waals surface area contributed by atoms with Crippen molar-refractivity contribution in [3.8, 4) is 90.4 Å². The zero-order valence-corrected chi connectivity index (χ0v) is 33.2. The van der Waals surface area contributed by atoms with Crippen molar-refractivity contribution in [2.75, 3.05) is 0 Å². The number of ether oxygens (including phenoxy) is 1. The van der Waals surface area contributed by atoms with E-state index in [0.29, 0.717) is 17.5 Å². The van der Waals surface area contributed by atoms with Gasteiger partial charge in [0.25, 0.3) is 0 Å². The van der Waals surface area contributed by atoms with Gasteiger partial charge in [0, 0.05) is 63.7 Å². The molecular formula is C55H34N6O. The number of nitrogens with zero attached hydrogens (tertiary/aromatic N) is 6. The summed E-state index contributed by atoms with van der Waals surface area (Å²) in [5, 5.41) is 0. The number of hydrogen-bond acceptors (Lipinski definition) is 7. The Hall–Kier alpha value is -8.42. The Labute approximate surface area is 358 Å². The van der Waals surface area contributed by atoms with Gasteiger partial charge in [0.15, 0.2) is 17.5 Å². The van der Waals surface area contributed by atoms with Crippen LogP contribution in [-0.2, 0) is 5.41 Å². The van der Waals surface area contributed by atoms with Gasteiger partial charge in [-0.15, -0.1) is 0 Å². The molecule has 1 aliphatic carbocycles. The summed E-state index contributed by atoms with van der Waals surface area (Å²) >= 11 is 0. The van der Waals surface area contributed by atoms with Crippen LogP contribution in [0.4, 0.5) is 0 Å². The molecule has 1 aliphatic heterocycles. The number of rotatable bonds is 6. The van der Waals surface area contributed by atoms with Crippen molar-refractivity contribution in [3.63, 3.8) is 0 Å². The Morgan fingerprint density at radius 1 is 0.306 bits per heavy atom. The van der Waals surface area contributed by atoms with Gasteiger partial charge in [-0.25, -0.2) is 19.9 Å². The lowest BCUT2D eigenvalue weighted by Crippen LogP contribution is -2.32. The summed E-state index contributed by atoms with van der Waals surface area (Å²) in [6, 6.07) is 63.0. The van der Waals surface area contributed by atoms with Gasteiger partial charge in [-0.2, -0.15) is 0 Å². The van der Waals surface area contributed by atoms with E-state index in [9.17, 15) is 0 Å². The Morgan fingerprint density at radius 3 is 1.26 bits per heavy atom. The molecule has 0 amide bonds. The normalized spacial score (nSPS) is 12.8. The van der Waals surface area contributed by atoms with Crippen LogP contribution < -0.4 is 4.74 Å². The standard InChI is InChI=1S/C55H34N6O/c1-3-11-37(12-4-1)52-59-53(38-13-5-2-6-14-38)61-54(60-52)40-20-22-47-51(34-40)62-50-33-39(19-21-46(50)55(47)44-17-9-7-15-42(44)43-16-8-10-18-45(43)55)41-31-48(35-23-27-56-28-24-35)58-49(32-41)36-25-29-57-30-26-36/h1-34H. The second kappa shape index (κ2) is 14.4. The SMILES string of the molecule is c1ccc(-c2nc(-c3ccccc3)nc(-c3ccc4c(c3)Oc3cc(-c5cc(-c6ccncc6)nc(-c6ccncc6)c5)ccc3C43c4ccccc4-c4ccccc43)n2)cc1. The van der Waals surface area contributed by atoms with Crippen molar-refractivity contribution >= 4 is 0 Å². The van der Waals surface area contributed by atoms with Gasteiger partial charge < -0.3 is 4.74 Å². The van der Waals surface area contributed by atoms with Crippen LogP contribution in [0.2, 0.25) is 0 Å². The molecule has 0 radical (unpaired) electrons. The predicted octanol–water partition coefficient (Wildman–Crippen LogP) is 12.5. The molecule has 0 bridgehead atoms. The topological polar surface area (TPSA) is 86.6 Å². The van der Waals surface area contributed by atoms with Crippen molar-refractivity contribution in [1.29, 1.82) is 0 Å². The van der Waals surface area contributed by atoms with Crippen molar-refractivity contribution in [3.05, 3.63) is 229 Å². The molecule has 6 aromatic carbocycles. The van der Waals surface area contributed by atoms with Crippen LogP contribution in [0.1, 0.15) is 22.3 Å². The maximum absolute atomic E-state index is 7.17. The lowest BCUT2D eigenvalue weighted by molar-refractivity contribution is 0.437. The van der Waals surface area contributed by atoms with Crippen LogP contribution in [0.3, 0.4) is 0 Å². The van der Waals surface area contributed by atoms with Gasteiger partial charge in [-0.05, 0) is 81.9 Å². The molecule has 0 unspecified atom stereocenters. The van der Waals surface area contributed by atoms with E-state index in [-0.39, 0.29) is 0 Å². The number of hydrogen-bond donors (Lipinski definition) is 0. The average Bonchev–Trinajstić information content (AvgIpc) is 3.65. The minimum Gasteiger partial charge on any atom is -0.457 e. The highest BCUT2D eigenvalue weighted by atomic mass is 16.5. The second-order valence-electron chi connectivity index (χ2n) is 15.5. The Morgan fingerprint density at radius 2 is 0.742 bits per heavy atom. The third kappa shape index (κ3) is 5.74. The van der Waals surface area contributed by atoms with Crippen LogP contribution in [0, 0.1) is 0 Å². The molecule has 5 heterocycles. The fraction of sp³-hybridized carbons (Fsp3) is 0.0182. The van der Waals surface area contributed by atoms with E-state index in [2.05, 4.69) is 107 Å². The molecule has 62 heavy (non-hydrogen) atoms. The van der Waals surface area contributed by atoms with E-state index in [0.717, 1.165) is 73.0 Å². The van der Waals surface area contributed by atoms with Crippen LogP contribution in [0.25, 0.3) is 78.9 Å². The van der Waals surface area contributed by atoms with Gasteiger partial charge in [0.05, 0.1) is 16.8 Å². The summed E-state index contributed by atoms with van der Waals surface area (Å²) in [5.74, 6) is 3.29. The molecule has 290 valence electrons. The summed E-state index contributed by atoms with van der Waals surface area (Å²) in [6.07, 6.45) is 7.19. The second-order valence-corrected chi connectivity index (χ2v) is 15.5.